The van der Waals surface area contributed by atoms with E-state index in [1.54, 1.807) is 16.8 Å². The van der Waals surface area contributed by atoms with Gasteiger partial charge in [0.25, 0.3) is 0 Å². The van der Waals surface area contributed by atoms with E-state index in [2.05, 4.69) is 28.3 Å². The lowest BCUT2D eigenvalue weighted by molar-refractivity contribution is 0.957. The van der Waals surface area contributed by atoms with Crippen LogP contribution in [0.2, 0.25) is 0 Å². The first-order valence-corrected chi connectivity index (χ1v) is 4.60. The summed E-state index contributed by atoms with van der Waals surface area (Å²) in [7, 11) is 0. The lowest BCUT2D eigenvalue weighted by Crippen LogP contribution is -2.10. The summed E-state index contributed by atoms with van der Waals surface area (Å²) in [6.45, 7) is 3.88. The minimum atomic E-state index is 0.626. The van der Waals surface area contributed by atoms with E-state index in [1.165, 1.54) is 12.7 Å². The Bertz CT molecular complexity index is 519. The smallest absolute Gasteiger partial charge is 0.139 e. The third kappa shape index (κ3) is 2.07. The maximum absolute atomic E-state index is 8.67. The highest BCUT2D eigenvalue weighted by molar-refractivity contribution is 5.67. The zero-order chi connectivity index (χ0) is 11.4. The van der Waals surface area contributed by atoms with Crippen LogP contribution in [0.4, 0.5) is 0 Å². The van der Waals surface area contributed by atoms with Gasteiger partial charge in [0.2, 0.25) is 0 Å². The fourth-order valence-electron chi connectivity index (χ4n) is 1.22. The van der Waals surface area contributed by atoms with E-state index in [0.717, 1.165) is 5.56 Å². The van der Waals surface area contributed by atoms with Crippen molar-refractivity contribution in [1.82, 2.24) is 14.9 Å². The predicted molar refractivity (Wildman–Crippen MR) is 59.6 cm³/mol. The number of hydrogen-bond donors (Lipinski definition) is 1. The van der Waals surface area contributed by atoms with Crippen molar-refractivity contribution in [3.05, 3.63) is 54.6 Å². The number of rotatable bonds is 3. The molecule has 0 aliphatic carbocycles. The first-order chi connectivity index (χ1) is 7.79. The Hall–Kier alpha value is -2.61. The molecule has 0 radical (unpaired) electrons. The SMILES string of the molecule is C=C(Nn1cnnc1)c1ccc(C#N)cc1. The summed E-state index contributed by atoms with van der Waals surface area (Å²) in [5.74, 6) is 0. The van der Waals surface area contributed by atoms with Crippen LogP contribution in [0.1, 0.15) is 11.1 Å². The Morgan fingerprint density at radius 1 is 1.25 bits per heavy atom. The molecule has 0 spiro atoms. The average Bonchev–Trinajstić information content (AvgIpc) is 2.82. The van der Waals surface area contributed by atoms with Gasteiger partial charge >= 0.3 is 0 Å². The molecule has 5 heteroatoms. The van der Waals surface area contributed by atoms with Gasteiger partial charge in [0, 0.05) is 0 Å². The van der Waals surface area contributed by atoms with E-state index < -0.39 is 0 Å². The van der Waals surface area contributed by atoms with Crippen LogP contribution in [0.15, 0.2) is 43.5 Å². The molecule has 16 heavy (non-hydrogen) atoms. The zero-order valence-corrected chi connectivity index (χ0v) is 8.46. The van der Waals surface area contributed by atoms with Gasteiger partial charge in [-0.2, -0.15) is 5.26 Å². The molecule has 0 atom stereocenters. The van der Waals surface area contributed by atoms with Crippen LogP contribution in [0.25, 0.3) is 5.70 Å². The van der Waals surface area contributed by atoms with Crippen LogP contribution in [0, 0.1) is 11.3 Å². The highest BCUT2D eigenvalue weighted by Gasteiger charge is 1.99. The van der Waals surface area contributed by atoms with Gasteiger partial charge < -0.3 is 0 Å². The van der Waals surface area contributed by atoms with E-state index in [1.807, 2.05) is 12.1 Å². The summed E-state index contributed by atoms with van der Waals surface area (Å²) in [6.07, 6.45) is 3.07. The van der Waals surface area contributed by atoms with Crippen molar-refractivity contribution in [3.8, 4) is 6.07 Å². The molecule has 1 N–H and O–H groups in total. The Balaban J connectivity index is 2.12. The molecule has 0 aliphatic heterocycles. The molecule has 2 aromatic rings. The lowest BCUT2D eigenvalue weighted by atomic mass is 10.1. The monoisotopic (exact) mass is 211 g/mol. The molecule has 78 valence electrons. The molecule has 0 unspecified atom stereocenters. The molecule has 0 saturated heterocycles. The van der Waals surface area contributed by atoms with Gasteiger partial charge in [-0.05, 0) is 17.7 Å². The van der Waals surface area contributed by atoms with Gasteiger partial charge in [-0.15, -0.1) is 10.2 Å². The molecule has 1 aromatic heterocycles. The van der Waals surface area contributed by atoms with Crippen LogP contribution in [-0.4, -0.2) is 14.9 Å². The van der Waals surface area contributed by atoms with Crippen LogP contribution < -0.4 is 5.43 Å². The Morgan fingerprint density at radius 2 is 1.88 bits per heavy atom. The second-order valence-corrected chi connectivity index (χ2v) is 3.15. The fourth-order valence-corrected chi connectivity index (χ4v) is 1.22. The van der Waals surface area contributed by atoms with Crippen LogP contribution in [0.3, 0.4) is 0 Å². The summed E-state index contributed by atoms with van der Waals surface area (Å²) < 4.78 is 1.60. The topological polar surface area (TPSA) is 66.5 Å². The van der Waals surface area contributed by atoms with Gasteiger partial charge in [0.05, 0.1) is 17.3 Å². The summed E-state index contributed by atoms with van der Waals surface area (Å²) in [5, 5.41) is 16.0. The lowest BCUT2D eigenvalue weighted by Gasteiger charge is -2.08. The van der Waals surface area contributed by atoms with E-state index in [9.17, 15) is 0 Å². The van der Waals surface area contributed by atoms with Crippen LogP contribution in [0.5, 0.6) is 0 Å². The van der Waals surface area contributed by atoms with Crippen LogP contribution >= 0.6 is 0 Å². The van der Waals surface area contributed by atoms with Gasteiger partial charge in [-0.25, -0.2) is 4.68 Å². The number of hydrogen-bond acceptors (Lipinski definition) is 4. The highest BCUT2D eigenvalue weighted by Crippen LogP contribution is 2.11. The molecule has 2 rings (SSSR count). The average molecular weight is 211 g/mol. The molecule has 0 aliphatic rings. The summed E-state index contributed by atoms with van der Waals surface area (Å²) in [5.41, 5.74) is 5.24. The number of nitrogens with zero attached hydrogens (tertiary/aromatic N) is 4. The quantitative estimate of drug-likeness (QED) is 0.832. The second-order valence-electron chi connectivity index (χ2n) is 3.15. The van der Waals surface area contributed by atoms with Gasteiger partial charge in [0.15, 0.2) is 0 Å². The van der Waals surface area contributed by atoms with Gasteiger partial charge in [0.1, 0.15) is 12.7 Å². The van der Waals surface area contributed by atoms with E-state index in [0.29, 0.717) is 11.3 Å². The van der Waals surface area contributed by atoms with Crippen molar-refractivity contribution in [3.63, 3.8) is 0 Å². The zero-order valence-electron chi connectivity index (χ0n) is 8.46. The highest BCUT2D eigenvalue weighted by atomic mass is 15.5. The minimum absolute atomic E-state index is 0.626. The van der Waals surface area contributed by atoms with E-state index >= 15 is 0 Å². The number of aromatic nitrogens is 3. The van der Waals surface area contributed by atoms with Crippen molar-refractivity contribution in [2.75, 3.05) is 5.43 Å². The predicted octanol–water partition coefficient (Wildman–Crippen LogP) is 1.36. The molecular weight excluding hydrogens is 202 g/mol. The third-order valence-corrected chi connectivity index (χ3v) is 2.05. The largest absolute Gasteiger partial charge is 0.292 e. The van der Waals surface area contributed by atoms with Gasteiger partial charge in [-0.1, -0.05) is 18.7 Å². The first kappa shape index (κ1) is 9.93. The Kier molecular flexibility index (Phi) is 2.65. The van der Waals surface area contributed by atoms with Crippen molar-refractivity contribution >= 4 is 5.70 Å². The third-order valence-electron chi connectivity index (χ3n) is 2.05. The van der Waals surface area contributed by atoms with Gasteiger partial charge in [-0.3, -0.25) is 5.43 Å². The van der Waals surface area contributed by atoms with Crippen molar-refractivity contribution in [1.29, 1.82) is 5.26 Å². The minimum Gasteiger partial charge on any atom is -0.292 e. The van der Waals surface area contributed by atoms with Crippen molar-refractivity contribution in [2.24, 2.45) is 0 Å². The molecular formula is C11H9N5. The first-order valence-electron chi connectivity index (χ1n) is 4.60. The van der Waals surface area contributed by atoms with Crippen LogP contribution in [-0.2, 0) is 0 Å². The summed E-state index contributed by atoms with van der Waals surface area (Å²) >= 11 is 0. The maximum Gasteiger partial charge on any atom is 0.139 e. The van der Waals surface area contributed by atoms with E-state index in [-0.39, 0.29) is 0 Å². The fraction of sp³-hybridized carbons (Fsp3) is 0. The second kappa shape index (κ2) is 4.28. The Labute approximate surface area is 92.6 Å². The normalized spacial score (nSPS) is 9.44. The van der Waals surface area contributed by atoms with Crippen molar-refractivity contribution in [2.45, 2.75) is 0 Å². The molecule has 5 nitrogen and oxygen atoms in total. The standard InChI is InChI=1S/C11H9N5/c1-9(15-16-7-13-14-8-16)11-4-2-10(6-12)3-5-11/h2-5,7-8,15H,1H2. The summed E-state index contributed by atoms with van der Waals surface area (Å²) in [4.78, 5) is 0. The number of nitrogens with one attached hydrogen (secondary N) is 1. The molecule has 0 fully saturated rings. The van der Waals surface area contributed by atoms with Crippen molar-refractivity contribution < 1.29 is 0 Å². The molecule has 1 heterocycles. The molecule has 1 aromatic carbocycles. The molecule has 0 bridgehead atoms. The van der Waals surface area contributed by atoms with E-state index in [4.69, 9.17) is 5.26 Å². The Morgan fingerprint density at radius 3 is 2.44 bits per heavy atom. The molecule has 0 saturated carbocycles. The maximum atomic E-state index is 8.67. The molecule has 0 amide bonds. The number of benzene rings is 1. The number of nitriles is 1. The summed E-state index contributed by atoms with van der Waals surface area (Å²) in [6, 6.07) is 9.22.